The van der Waals surface area contributed by atoms with Gasteiger partial charge in [-0.15, -0.1) is 0 Å². The summed E-state index contributed by atoms with van der Waals surface area (Å²) < 4.78 is 0. The summed E-state index contributed by atoms with van der Waals surface area (Å²) in [4.78, 5) is 37.9. The lowest BCUT2D eigenvalue weighted by Crippen LogP contribution is -2.46. The first-order valence-electron chi connectivity index (χ1n) is 6.87. The highest BCUT2D eigenvalue weighted by Crippen LogP contribution is 2.24. The van der Waals surface area contributed by atoms with Gasteiger partial charge in [0.25, 0.3) is 0 Å². The molecule has 20 heavy (non-hydrogen) atoms. The highest BCUT2D eigenvalue weighted by atomic mass is 16.4. The van der Waals surface area contributed by atoms with Crippen LogP contribution in [0.15, 0.2) is 0 Å². The Balaban J connectivity index is 2.70. The smallest absolute Gasteiger partial charge is 0.320 e. The van der Waals surface area contributed by atoms with E-state index < -0.39 is 11.9 Å². The van der Waals surface area contributed by atoms with Gasteiger partial charge in [-0.05, 0) is 12.3 Å². The number of likely N-dealkylation sites (tertiary alicyclic amines) is 1. The standard InChI is InChI=1S/C13H23N3O4/c1-4-5-15(8-11(17)14-3)13(20)16-6-9(2)10(7-16)12(18)19/h9-10H,4-8H2,1-3H3,(H,14,17)(H,18,19). The quantitative estimate of drug-likeness (QED) is 0.756. The number of nitrogens with one attached hydrogen (secondary N) is 1. The lowest BCUT2D eigenvalue weighted by Gasteiger charge is -2.27. The minimum atomic E-state index is -0.874. The average Bonchev–Trinajstić information content (AvgIpc) is 2.79. The molecule has 7 nitrogen and oxygen atoms in total. The Morgan fingerprint density at radius 2 is 2.00 bits per heavy atom. The van der Waals surface area contributed by atoms with Crippen LogP contribution in [-0.2, 0) is 9.59 Å². The lowest BCUT2D eigenvalue weighted by molar-refractivity contribution is -0.142. The molecular formula is C13H23N3O4. The van der Waals surface area contributed by atoms with Gasteiger partial charge >= 0.3 is 12.0 Å². The zero-order valence-electron chi connectivity index (χ0n) is 12.3. The van der Waals surface area contributed by atoms with Crippen molar-refractivity contribution in [2.24, 2.45) is 11.8 Å². The summed E-state index contributed by atoms with van der Waals surface area (Å²) in [6, 6.07) is -0.258. The molecule has 7 heteroatoms. The Hall–Kier alpha value is -1.79. The second-order valence-corrected chi connectivity index (χ2v) is 5.20. The number of carbonyl (C=O) groups excluding carboxylic acids is 2. The molecule has 1 saturated heterocycles. The van der Waals surface area contributed by atoms with E-state index in [2.05, 4.69) is 5.32 Å². The van der Waals surface area contributed by atoms with Gasteiger partial charge in [0.05, 0.1) is 5.92 Å². The Labute approximate surface area is 118 Å². The van der Waals surface area contributed by atoms with Crippen molar-refractivity contribution in [3.8, 4) is 0 Å². The summed E-state index contributed by atoms with van der Waals surface area (Å²) in [5.74, 6) is -1.70. The highest BCUT2D eigenvalue weighted by Gasteiger charge is 2.38. The summed E-state index contributed by atoms with van der Waals surface area (Å²) in [7, 11) is 1.52. The van der Waals surface area contributed by atoms with Crippen molar-refractivity contribution in [3.05, 3.63) is 0 Å². The third-order valence-corrected chi connectivity index (χ3v) is 3.58. The van der Waals surface area contributed by atoms with E-state index in [1.807, 2.05) is 13.8 Å². The second-order valence-electron chi connectivity index (χ2n) is 5.20. The van der Waals surface area contributed by atoms with Gasteiger partial charge in [0.1, 0.15) is 6.54 Å². The Bertz CT molecular complexity index is 386. The molecule has 1 heterocycles. The molecule has 1 fully saturated rings. The van der Waals surface area contributed by atoms with E-state index in [4.69, 9.17) is 5.11 Å². The highest BCUT2D eigenvalue weighted by molar-refractivity contribution is 5.84. The van der Waals surface area contributed by atoms with E-state index in [1.54, 1.807) is 0 Å². The fourth-order valence-corrected chi connectivity index (χ4v) is 2.41. The van der Waals surface area contributed by atoms with E-state index in [1.165, 1.54) is 16.8 Å². The van der Waals surface area contributed by atoms with Crippen LogP contribution in [0.4, 0.5) is 4.79 Å². The number of aliphatic carboxylic acids is 1. The van der Waals surface area contributed by atoms with Gasteiger partial charge in [0.2, 0.25) is 5.91 Å². The fraction of sp³-hybridized carbons (Fsp3) is 0.769. The molecule has 114 valence electrons. The van der Waals surface area contributed by atoms with E-state index in [9.17, 15) is 14.4 Å². The van der Waals surface area contributed by atoms with Gasteiger partial charge < -0.3 is 20.2 Å². The Morgan fingerprint density at radius 1 is 1.35 bits per heavy atom. The number of likely N-dealkylation sites (N-methyl/N-ethyl adjacent to an activating group) is 1. The molecule has 0 spiro atoms. The van der Waals surface area contributed by atoms with Crippen LogP contribution in [0.5, 0.6) is 0 Å². The number of hydrogen-bond donors (Lipinski definition) is 2. The van der Waals surface area contributed by atoms with Crippen molar-refractivity contribution in [2.45, 2.75) is 20.3 Å². The third-order valence-electron chi connectivity index (χ3n) is 3.58. The van der Waals surface area contributed by atoms with Crippen LogP contribution in [0.3, 0.4) is 0 Å². The van der Waals surface area contributed by atoms with E-state index in [0.717, 1.165) is 6.42 Å². The minimum absolute atomic E-state index is 0.00575. The normalized spacial score (nSPS) is 21.6. The van der Waals surface area contributed by atoms with Crippen LogP contribution in [0.25, 0.3) is 0 Å². The first-order chi connectivity index (χ1) is 9.40. The van der Waals surface area contributed by atoms with Crippen molar-refractivity contribution in [1.29, 1.82) is 0 Å². The summed E-state index contributed by atoms with van der Waals surface area (Å²) in [6.07, 6.45) is 0.745. The summed E-state index contributed by atoms with van der Waals surface area (Å²) in [5.41, 5.74) is 0. The number of rotatable bonds is 5. The SMILES string of the molecule is CCCN(CC(=O)NC)C(=O)N1CC(C)C(C(=O)O)C1. The molecule has 0 aromatic heterocycles. The van der Waals surface area contributed by atoms with Crippen molar-refractivity contribution in [1.82, 2.24) is 15.1 Å². The fourth-order valence-electron chi connectivity index (χ4n) is 2.41. The minimum Gasteiger partial charge on any atom is -0.481 e. The van der Waals surface area contributed by atoms with Crippen molar-refractivity contribution in [3.63, 3.8) is 0 Å². The van der Waals surface area contributed by atoms with Crippen LogP contribution < -0.4 is 5.32 Å². The molecule has 0 radical (unpaired) electrons. The Morgan fingerprint density at radius 3 is 2.45 bits per heavy atom. The molecule has 1 aliphatic rings. The molecule has 0 aromatic carbocycles. The van der Waals surface area contributed by atoms with Crippen LogP contribution in [0.2, 0.25) is 0 Å². The summed E-state index contributed by atoms with van der Waals surface area (Å²) in [6.45, 7) is 4.87. The molecule has 0 bridgehead atoms. The van der Waals surface area contributed by atoms with Gasteiger partial charge in [-0.3, -0.25) is 9.59 Å². The maximum Gasteiger partial charge on any atom is 0.320 e. The van der Waals surface area contributed by atoms with Crippen molar-refractivity contribution in [2.75, 3.05) is 33.2 Å². The Kier molecular flexibility index (Phi) is 5.79. The van der Waals surface area contributed by atoms with Crippen LogP contribution >= 0.6 is 0 Å². The van der Waals surface area contributed by atoms with Crippen LogP contribution in [-0.4, -0.2) is 66.0 Å². The van der Waals surface area contributed by atoms with Crippen molar-refractivity contribution >= 4 is 17.9 Å². The number of carboxylic acids is 1. The first-order valence-corrected chi connectivity index (χ1v) is 6.87. The number of amides is 3. The maximum absolute atomic E-state index is 12.4. The topological polar surface area (TPSA) is 90.0 Å². The molecule has 0 aliphatic carbocycles. The molecule has 1 aliphatic heterocycles. The molecule has 3 amide bonds. The predicted octanol–water partition coefficient (Wildman–Crippen LogP) is 0.217. The second kappa shape index (κ2) is 7.12. The first kappa shape index (κ1) is 16.3. The zero-order chi connectivity index (χ0) is 15.3. The zero-order valence-corrected chi connectivity index (χ0v) is 12.3. The maximum atomic E-state index is 12.4. The number of urea groups is 1. The van der Waals surface area contributed by atoms with E-state index in [0.29, 0.717) is 13.1 Å². The van der Waals surface area contributed by atoms with Crippen LogP contribution in [0, 0.1) is 11.8 Å². The van der Waals surface area contributed by atoms with Gasteiger partial charge in [-0.2, -0.15) is 0 Å². The summed E-state index contributed by atoms with van der Waals surface area (Å²) >= 11 is 0. The van der Waals surface area contributed by atoms with Gasteiger partial charge in [-0.25, -0.2) is 4.79 Å². The molecule has 2 N–H and O–H groups in total. The lowest BCUT2D eigenvalue weighted by atomic mass is 9.99. The van der Waals surface area contributed by atoms with Gasteiger partial charge in [-0.1, -0.05) is 13.8 Å². The van der Waals surface area contributed by atoms with Gasteiger partial charge in [0.15, 0.2) is 0 Å². The molecule has 2 unspecified atom stereocenters. The largest absolute Gasteiger partial charge is 0.481 e. The van der Waals surface area contributed by atoms with Crippen molar-refractivity contribution < 1.29 is 19.5 Å². The predicted molar refractivity (Wildman–Crippen MR) is 73.2 cm³/mol. The van der Waals surface area contributed by atoms with E-state index in [-0.39, 0.29) is 30.9 Å². The molecule has 0 saturated carbocycles. The third kappa shape index (κ3) is 3.85. The van der Waals surface area contributed by atoms with E-state index >= 15 is 0 Å². The van der Waals surface area contributed by atoms with Crippen LogP contribution in [0.1, 0.15) is 20.3 Å². The number of hydrogen-bond acceptors (Lipinski definition) is 3. The molecule has 1 rings (SSSR count). The molecule has 0 aromatic rings. The summed E-state index contributed by atoms with van der Waals surface area (Å²) in [5, 5.41) is 11.6. The van der Waals surface area contributed by atoms with Gasteiger partial charge in [0, 0.05) is 26.7 Å². The molecule has 2 atom stereocenters. The number of carbonyl (C=O) groups is 3. The number of nitrogens with zero attached hydrogens (tertiary/aromatic N) is 2. The average molecular weight is 285 g/mol. The monoisotopic (exact) mass is 285 g/mol. The molecular weight excluding hydrogens is 262 g/mol. The number of carboxylic acid groups (broad SMARTS) is 1.